The second-order valence-corrected chi connectivity index (χ2v) is 5.71. The molecule has 21 heavy (non-hydrogen) atoms. The van der Waals surface area contributed by atoms with E-state index in [4.69, 9.17) is 0 Å². The van der Waals surface area contributed by atoms with E-state index in [0.717, 1.165) is 28.7 Å². The fraction of sp³-hybridized carbons (Fsp3) is 0.438. The van der Waals surface area contributed by atoms with Gasteiger partial charge in [0, 0.05) is 36.7 Å². The lowest BCUT2D eigenvalue weighted by atomic mass is 10.1. The molecule has 0 aliphatic heterocycles. The van der Waals surface area contributed by atoms with Crippen LogP contribution in [-0.2, 0) is 11.2 Å². The first-order valence-corrected chi connectivity index (χ1v) is 7.04. The molecule has 0 radical (unpaired) electrons. The number of aromatic amines is 1. The van der Waals surface area contributed by atoms with Gasteiger partial charge < -0.3 is 14.8 Å². The molecule has 0 atom stereocenters. The number of hydrogen-bond donors (Lipinski definition) is 1. The molecule has 0 unspecified atom stereocenters. The van der Waals surface area contributed by atoms with Gasteiger partial charge in [-0.3, -0.25) is 4.79 Å². The van der Waals surface area contributed by atoms with E-state index in [1.165, 1.54) is 12.1 Å². The highest BCUT2D eigenvalue weighted by atomic mass is 19.1. The number of nitrogens with one attached hydrogen (secondary N) is 1. The number of aryl methyl sites for hydroxylation is 1. The van der Waals surface area contributed by atoms with Gasteiger partial charge in [0.1, 0.15) is 5.82 Å². The average Bonchev–Trinajstić information content (AvgIpc) is 2.72. The smallest absolute Gasteiger partial charge is 0.226 e. The van der Waals surface area contributed by atoms with Crippen LogP contribution in [0.25, 0.3) is 10.9 Å². The summed E-state index contributed by atoms with van der Waals surface area (Å²) < 4.78 is 13.4. The lowest BCUT2D eigenvalue weighted by Crippen LogP contribution is -2.34. The highest BCUT2D eigenvalue weighted by Crippen LogP contribution is 2.23. The summed E-state index contributed by atoms with van der Waals surface area (Å²) in [6.45, 7) is 3.42. The van der Waals surface area contributed by atoms with E-state index in [0.29, 0.717) is 13.0 Å². The largest absolute Gasteiger partial charge is 0.358 e. The van der Waals surface area contributed by atoms with Crippen molar-refractivity contribution in [3.8, 4) is 0 Å². The molecule has 1 amide bonds. The molecule has 0 spiro atoms. The predicted octanol–water partition coefficient (Wildman–Crippen LogP) is 2.18. The van der Waals surface area contributed by atoms with Crippen molar-refractivity contribution < 1.29 is 9.18 Å². The van der Waals surface area contributed by atoms with Crippen molar-refractivity contribution in [2.75, 3.05) is 34.2 Å². The van der Waals surface area contributed by atoms with Crippen molar-refractivity contribution >= 4 is 16.8 Å². The fourth-order valence-corrected chi connectivity index (χ4v) is 2.34. The molecule has 1 aromatic carbocycles. The van der Waals surface area contributed by atoms with Crippen molar-refractivity contribution in [2.45, 2.75) is 13.3 Å². The Hall–Kier alpha value is -1.88. The molecule has 5 heteroatoms. The Bertz CT molecular complexity index is 648. The monoisotopic (exact) mass is 291 g/mol. The van der Waals surface area contributed by atoms with Gasteiger partial charge in [0.25, 0.3) is 0 Å². The maximum Gasteiger partial charge on any atom is 0.226 e. The number of carbonyl (C=O) groups is 1. The second-order valence-electron chi connectivity index (χ2n) is 5.71. The summed E-state index contributed by atoms with van der Waals surface area (Å²) in [7, 11) is 5.76. The molecule has 0 aliphatic rings. The van der Waals surface area contributed by atoms with Gasteiger partial charge >= 0.3 is 0 Å². The number of likely N-dealkylation sites (N-methyl/N-ethyl adjacent to an activating group) is 2. The zero-order valence-corrected chi connectivity index (χ0v) is 13.0. The van der Waals surface area contributed by atoms with Crippen molar-refractivity contribution in [3.63, 3.8) is 0 Å². The Balaban J connectivity index is 2.17. The molecule has 0 fully saturated rings. The van der Waals surface area contributed by atoms with Crippen LogP contribution in [0.2, 0.25) is 0 Å². The Morgan fingerprint density at radius 3 is 2.62 bits per heavy atom. The third-order valence-electron chi connectivity index (χ3n) is 3.72. The van der Waals surface area contributed by atoms with E-state index < -0.39 is 0 Å². The van der Waals surface area contributed by atoms with Gasteiger partial charge in [0.2, 0.25) is 5.91 Å². The number of H-pyrrole nitrogens is 1. The van der Waals surface area contributed by atoms with E-state index in [1.54, 1.807) is 18.0 Å². The molecule has 0 saturated carbocycles. The third-order valence-corrected chi connectivity index (χ3v) is 3.72. The topological polar surface area (TPSA) is 39.3 Å². The van der Waals surface area contributed by atoms with Crippen LogP contribution in [0, 0.1) is 12.7 Å². The van der Waals surface area contributed by atoms with Gasteiger partial charge in [-0.05, 0) is 44.8 Å². The predicted molar refractivity (Wildman–Crippen MR) is 82.9 cm³/mol. The Labute approximate surface area is 124 Å². The molecule has 114 valence electrons. The Morgan fingerprint density at radius 1 is 1.24 bits per heavy atom. The zero-order chi connectivity index (χ0) is 15.6. The highest BCUT2D eigenvalue weighted by molar-refractivity contribution is 5.90. The molecule has 0 bridgehead atoms. The van der Waals surface area contributed by atoms with Gasteiger partial charge in [0.05, 0.1) is 6.42 Å². The Morgan fingerprint density at radius 2 is 1.95 bits per heavy atom. The van der Waals surface area contributed by atoms with E-state index in [2.05, 4.69) is 4.98 Å². The Kier molecular flexibility index (Phi) is 4.63. The summed E-state index contributed by atoms with van der Waals surface area (Å²) in [5.74, 6) is -0.235. The molecule has 4 nitrogen and oxygen atoms in total. The third kappa shape index (κ3) is 3.61. The number of rotatable bonds is 5. The number of fused-ring (bicyclic) bond motifs is 1. The molecular weight excluding hydrogens is 269 g/mol. The molecule has 1 aromatic heterocycles. The van der Waals surface area contributed by atoms with Gasteiger partial charge in [0.15, 0.2) is 0 Å². The number of hydrogen-bond acceptors (Lipinski definition) is 2. The van der Waals surface area contributed by atoms with Crippen LogP contribution < -0.4 is 0 Å². The summed E-state index contributed by atoms with van der Waals surface area (Å²) >= 11 is 0. The minimum Gasteiger partial charge on any atom is -0.358 e. The van der Waals surface area contributed by atoms with Crippen molar-refractivity contribution in [2.24, 2.45) is 0 Å². The van der Waals surface area contributed by atoms with Gasteiger partial charge in [-0.1, -0.05) is 0 Å². The lowest BCUT2D eigenvalue weighted by Gasteiger charge is -2.19. The first kappa shape index (κ1) is 15.5. The van der Waals surface area contributed by atoms with E-state index >= 15 is 0 Å². The lowest BCUT2D eigenvalue weighted by molar-refractivity contribution is -0.129. The average molecular weight is 291 g/mol. The molecule has 1 N–H and O–H groups in total. The van der Waals surface area contributed by atoms with Gasteiger partial charge in [-0.15, -0.1) is 0 Å². The van der Waals surface area contributed by atoms with Crippen molar-refractivity contribution in [3.05, 3.63) is 35.3 Å². The molecule has 0 saturated heterocycles. The number of aromatic nitrogens is 1. The summed E-state index contributed by atoms with van der Waals surface area (Å²) in [4.78, 5) is 19.3. The summed E-state index contributed by atoms with van der Waals surface area (Å²) in [6, 6.07) is 4.62. The first-order chi connectivity index (χ1) is 9.88. The van der Waals surface area contributed by atoms with E-state index in [9.17, 15) is 9.18 Å². The molecular formula is C16H22FN3O. The normalized spacial score (nSPS) is 11.3. The minimum absolute atomic E-state index is 0.0464. The number of carbonyl (C=O) groups excluding carboxylic acids is 1. The van der Waals surface area contributed by atoms with Crippen LogP contribution in [0.15, 0.2) is 18.2 Å². The standard InChI is InChI=1S/C16H22FN3O/c1-11-13(10-16(21)20(4)8-7-19(2)3)14-9-12(17)5-6-15(14)18-11/h5-6,9,18H,7-8,10H2,1-4H3. The molecule has 2 aromatic rings. The van der Waals surface area contributed by atoms with Crippen LogP contribution >= 0.6 is 0 Å². The number of nitrogens with zero attached hydrogens (tertiary/aromatic N) is 2. The quantitative estimate of drug-likeness (QED) is 0.917. The summed E-state index contributed by atoms with van der Waals surface area (Å²) in [5.41, 5.74) is 2.67. The number of amides is 1. The van der Waals surface area contributed by atoms with Crippen LogP contribution in [0.3, 0.4) is 0 Å². The second kappa shape index (κ2) is 6.26. The zero-order valence-electron chi connectivity index (χ0n) is 13.0. The fourth-order valence-electron chi connectivity index (χ4n) is 2.34. The van der Waals surface area contributed by atoms with Crippen LogP contribution in [0.1, 0.15) is 11.3 Å². The maximum absolute atomic E-state index is 13.4. The minimum atomic E-state index is -0.281. The number of halogens is 1. The number of benzene rings is 1. The van der Waals surface area contributed by atoms with Crippen LogP contribution in [-0.4, -0.2) is 54.9 Å². The first-order valence-electron chi connectivity index (χ1n) is 7.04. The van der Waals surface area contributed by atoms with Crippen LogP contribution in [0.5, 0.6) is 0 Å². The van der Waals surface area contributed by atoms with E-state index in [1.807, 2.05) is 25.9 Å². The molecule has 0 aliphatic carbocycles. The van der Waals surface area contributed by atoms with Crippen molar-refractivity contribution in [1.29, 1.82) is 0 Å². The maximum atomic E-state index is 13.4. The highest BCUT2D eigenvalue weighted by Gasteiger charge is 2.16. The SMILES string of the molecule is Cc1[nH]c2ccc(F)cc2c1CC(=O)N(C)CCN(C)C. The van der Waals surface area contributed by atoms with Gasteiger partial charge in [-0.2, -0.15) is 0 Å². The van der Waals surface area contributed by atoms with Gasteiger partial charge in [-0.25, -0.2) is 4.39 Å². The van der Waals surface area contributed by atoms with E-state index in [-0.39, 0.29) is 11.7 Å². The summed E-state index contributed by atoms with van der Waals surface area (Å²) in [5, 5.41) is 0.793. The molecule has 2 rings (SSSR count). The van der Waals surface area contributed by atoms with Crippen LogP contribution in [0.4, 0.5) is 4.39 Å². The summed E-state index contributed by atoms with van der Waals surface area (Å²) in [6.07, 6.45) is 0.291. The molecule has 1 heterocycles. The van der Waals surface area contributed by atoms with Crippen molar-refractivity contribution in [1.82, 2.24) is 14.8 Å².